The number of likely N-dealkylation sites (N-methyl/N-ethyl adjacent to an activating group) is 1. The Bertz CT molecular complexity index is 398. The lowest BCUT2D eigenvalue weighted by atomic mass is 10.2. The van der Waals surface area contributed by atoms with Crippen molar-refractivity contribution in [2.24, 2.45) is 0 Å². The quantitative estimate of drug-likeness (QED) is 0.850. The van der Waals surface area contributed by atoms with Crippen molar-refractivity contribution in [3.8, 4) is 0 Å². The van der Waals surface area contributed by atoms with Crippen LogP contribution in [0.1, 0.15) is 24.2 Å². The van der Waals surface area contributed by atoms with Gasteiger partial charge in [0.1, 0.15) is 5.82 Å². The molecule has 17 heavy (non-hydrogen) atoms. The van der Waals surface area contributed by atoms with E-state index in [1.54, 1.807) is 0 Å². The first-order chi connectivity index (χ1) is 8.04. The van der Waals surface area contributed by atoms with Gasteiger partial charge in [-0.15, -0.1) is 0 Å². The second kappa shape index (κ2) is 6.57. The van der Waals surface area contributed by atoms with Crippen molar-refractivity contribution in [2.45, 2.75) is 19.9 Å². The lowest BCUT2D eigenvalue weighted by Gasteiger charge is -2.13. The summed E-state index contributed by atoms with van der Waals surface area (Å²) >= 11 is 5.78. The van der Waals surface area contributed by atoms with Crippen molar-refractivity contribution in [1.29, 1.82) is 0 Å². The van der Waals surface area contributed by atoms with Crippen molar-refractivity contribution < 1.29 is 9.18 Å². The van der Waals surface area contributed by atoms with Crippen molar-refractivity contribution in [3.63, 3.8) is 0 Å². The smallest absolute Gasteiger partial charge is 0.252 e. The van der Waals surface area contributed by atoms with Crippen LogP contribution in [0.5, 0.6) is 0 Å². The Kier molecular flexibility index (Phi) is 5.38. The summed E-state index contributed by atoms with van der Waals surface area (Å²) in [5, 5.41) is 6.03. The fourth-order valence-corrected chi connectivity index (χ4v) is 1.69. The monoisotopic (exact) mass is 258 g/mol. The van der Waals surface area contributed by atoms with Gasteiger partial charge in [0.15, 0.2) is 0 Å². The van der Waals surface area contributed by atoms with Gasteiger partial charge in [0.2, 0.25) is 0 Å². The van der Waals surface area contributed by atoms with Crippen LogP contribution in [0.25, 0.3) is 0 Å². The van der Waals surface area contributed by atoms with Crippen LogP contribution in [-0.2, 0) is 0 Å². The summed E-state index contributed by atoms with van der Waals surface area (Å²) in [6.07, 6.45) is 0. The molecule has 0 saturated heterocycles. The Balaban J connectivity index is 2.58. The van der Waals surface area contributed by atoms with Gasteiger partial charge in [0.25, 0.3) is 5.91 Å². The molecule has 94 valence electrons. The molecule has 0 aromatic heterocycles. The Labute approximate surface area is 105 Å². The summed E-state index contributed by atoms with van der Waals surface area (Å²) in [5.41, 5.74) is 0.289. The SMILES string of the molecule is CCN[C@H](C)CNC(=O)c1ccc(F)cc1Cl. The van der Waals surface area contributed by atoms with Crippen LogP contribution in [0.4, 0.5) is 4.39 Å². The highest BCUT2D eigenvalue weighted by atomic mass is 35.5. The first kappa shape index (κ1) is 13.9. The van der Waals surface area contributed by atoms with E-state index in [0.717, 1.165) is 12.6 Å². The van der Waals surface area contributed by atoms with E-state index in [-0.39, 0.29) is 22.5 Å². The summed E-state index contributed by atoms with van der Waals surface area (Å²) < 4.78 is 12.8. The zero-order valence-corrected chi connectivity index (χ0v) is 10.6. The van der Waals surface area contributed by atoms with E-state index in [0.29, 0.717) is 6.54 Å². The number of rotatable bonds is 5. The van der Waals surface area contributed by atoms with Crippen LogP contribution in [0.2, 0.25) is 5.02 Å². The van der Waals surface area contributed by atoms with Crippen LogP contribution in [0.3, 0.4) is 0 Å². The number of amides is 1. The van der Waals surface area contributed by atoms with E-state index in [9.17, 15) is 9.18 Å². The third-order valence-corrected chi connectivity index (χ3v) is 2.61. The molecule has 1 aromatic rings. The van der Waals surface area contributed by atoms with E-state index < -0.39 is 5.82 Å². The molecule has 1 atom stereocenters. The van der Waals surface area contributed by atoms with Gasteiger partial charge in [-0.3, -0.25) is 4.79 Å². The van der Waals surface area contributed by atoms with Crippen molar-refractivity contribution in [1.82, 2.24) is 10.6 Å². The van der Waals surface area contributed by atoms with E-state index in [1.807, 2.05) is 13.8 Å². The molecule has 0 bridgehead atoms. The maximum Gasteiger partial charge on any atom is 0.252 e. The van der Waals surface area contributed by atoms with Gasteiger partial charge >= 0.3 is 0 Å². The molecule has 0 unspecified atom stereocenters. The third-order valence-electron chi connectivity index (χ3n) is 2.30. The molecule has 0 radical (unpaired) electrons. The van der Waals surface area contributed by atoms with Gasteiger partial charge in [-0.2, -0.15) is 0 Å². The van der Waals surface area contributed by atoms with Crippen LogP contribution >= 0.6 is 11.6 Å². The maximum absolute atomic E-state index is 12.8. The molecule has 0 aliphatic heterocycles. The van der Waals surface area contributed by atoms with Crippen molar-refractivity contribution in [2.75, 3.05) is 13.1 Å². The average molecular weight is 259 g/mol. The molecule has 3 nitrogen and oxygen atoms in total. The molecule has 1 aromatic carbocycles. The molecule has 0 heterocycles. The number of carbonyl (C=O) groups excluding carboxylic acids is 1. The van der Waals surface area contributed by atoms with Crippen LogP contribution < -0.4 is 10.6 Å². The van der Waals surface area contributed by atoms with E-state index in [2.05, 4.69) is 10.6 Å². The number of hydrogen-bond donors (Lipinski definition) is 2. The van der Waals surface area contributed by atoms with Crippen molar-refractivity contribution >= 4 is 17.5 Å². The Morgan fingerprint density at radius 1 is 1.53 bits per heavy atom. The Hall–Kier alpha value is -1.13. The van der Waals surface area contributed by atoms with Gasteiger partial charge in [-0.05, 0) is 31.7 Å². The molecular weight excluding hydrogens is 243 g/mol. The fraction of sp³-hybridized carbons (Fsp3) is 0.417. The summed E-state index contributed by atoms with van der Waals surface area (Å²) in [5.74, 6) is -0.743. The minimum atomic E-state index is -0.451. The predicted molar refractivity (Wildman–Crippen MR) is 66.9 cm³/mol. The molecular formula is C12H16ClFN2O. The summed E-state index contributed by atoms with van der Waals surface area (Å²) in [6.45, 7) is 5.31. The fourth-order valence-electron chi connectivity index (χ4n) is 1.44. The van der Waals surface area contributed by atoms with Crippen LogP contribution in [0.15, 0.2) is 18.2 Å². The van der Waals surface area contributed by atoms with Crippen molar-refractivity contribution in [3.05, 3.63) is 34.6 Å². The molecule has 0 fully saturated rings. The Morgan fingerprint density at radius 2 is 2.24 bits per heavy atom. The second-order valence-corrected chi connectivity index (χ2v) is 4.20. The normalized spacial score (nSPS) is 12.2. The Morgan fingerprint density at radius 3 is 2.82 bits per heavy atom. The van der Waals surface area contributed by atoms with Crippen LogP contribution in [-0.4, -0.2) is 25.0 Å². The van der Waals surface area contributed by atoms with E-state index in [1.165, 1.54) is 12.1 Å². The number of halogens is 2. The third kappa shape index (κ3) is 4.32. The van der Waals surface area contributed by atoms with Crippen LogP contribution in [0, 0.1) is 5.82 Å². The molecule has 0 aliphatic carbocycles. The summed E-state index contributed by atoms with van der Waals surface area (Å²) in [4.78, 5) is 11.7. The molecule has 1 amide bonds. The number of nitrogens with one attached hydrogen (secondary N) is 2. The maximum atomic E-state index is 12.8. The standard InChI is InChI=1S/C12H16ClFN2O/c1-3-15-8(2)7-16-12(17)10-5-4-9(14)6-11(10)13/h4-6,8,15H,3,7H2,1-2H3,(H,16,17)/t8-/m1/s1. The largest absolute Gasteiger partial charge is 0.350 e. The van der Waals surface area contributed by atoms with E-state index in [4.69, 9.17) is 11.6 Å². The summed E-state index contributed by atoms with van der Waals surface area (Å²) in [7, 11) is 0. The lowest BCUT2D eigenvalue weighted by Crippen LogP contribution is -2.38. The highest BCUT2D eigenvalue weighted by Gasteiger charge is 2.11. The van der Waals surface area contributed by atoms with Gasteiger partial charge in [-0.1, -0.05) is 18.5 Å². The predicted octanol–water partition coefficient (Wildman–Crippen LogP) is 2.21. The highest BCUT2D eigenvalue weighted by Crippen LogP contribution is 2.16. The molecule has 0 spiro atoms. The minimum Gasteiger partial charge on any atom is -0.350 e. The number of hydrogen-bond acceptors (Lipinski definition) is 2. The second-order valence-electron chi connectivity index (χ2n) is 3.79. The van der Waals surface area contributed by atoms with Gasteiger partial charge < -0.3 is 10.6 Å². The van der Waals surface area contributed by atoms with Gasteiger partial charge in [0, 0.05) is 12.6 Å². The number of benzene rings is 1. The van der Waals surface area contributed by atoms with Gasteiger partial charge in [-0.25, -0.2) is 4.39 Å². The molecule has 1 rings (SSSR count). The highest BCUT2D eigenvalue weighted by molar-refractivity contribution is 6.33. The zero-order valence-electron chi connectivity index (χ0n) is 9.89. The molecule has 5 heteroatoms. The summed E-state index contributed by atoms with van der Waals surface area (Å²) in [6, 6.07) is 3.91. The van der Waals surface area contributed by atoms with E-state index >= 15 is 0 Å². The zero-order chi connectivity index (χ0) is 12.8. The molecule has 0 saturated carbocycles. The first-order valence-electron chi connectivity index (χ1n) is 5.51. The molecule has 2 N–H and O–H groups in total. The lowest BCUT2D eigenvalue weighted by molar-refractivity contribution is 0.0950. The first-order valence-corrected chi connectivity index (χ1v) is 5.89. The number of carbonyl (C=O) groups is 1. The topological polar surface area (TPSA) is 41.1 Å². The average Bonchev–Trinajstić information content (AvgIpc) is 2.26. The van der Waals surface area contributed by atoms with Gasteiger partial charge in [0.05, 0.1) is 10.6 Å². The minimum absolute atomic E-state index is 0.124. The molecule has 0 aliphatic rings.